The fourth-order valence-electron chi connectivity index (χ4n) is 2.60. The number of alkyl halides is 2. The first-order valence-corrected chi connectivity index (χ1v) is 10.0. The SMILES string of the molecule is C=CCn1c(=O)/c(=C/c2ccc(OC(F)F)cc2)s/c1=C(/C#N)C(=O)NCCCOC. The molecule has 7 nitrogen and oxygen atoms in total. The fourth-order valence-corrected chi connectivity index (χ4v) is 3.71. The van der Waals surface area contributed by atoms with Crippen molar-refractivity contribution in [1.29, 1.82) is 5.26 Å². The van der Waals surface area contributed by atoms with Crippen LogP contribution < -0.4 is 24.8 Å². The predicted octanol–water partition coefficient (Wildman–Crippen LogP) is 1.35. The molecule has 1 N–H and O–H groups in total. The van der Waals surface area contributed by atoms with Gasteiger partial charge >= 0.3 is 6.61 Å². The maximum atomic E-state index is 12.8. The summed E-state index contributed by atoms with van der Waals surface area (Å²) in [5.74, 6) is -0.592. The molecule has 0 aliphatic rings. The molecule has 0 bridgehead atoms. The van der Waals surface area contributed by atoms with Crippen molar-refractivity contribution in [3.05, 3.63) is 62.0 Å². The molecule has 0 radical (unpaired) electrons. The molecule has 0 spiro atoms. The molecule has 164 valence electrons. The number of allylic oxidation sites excluding steroid dienone is 1. The summed E-state index contributed by atoms with van der Waals surface area (Å²) in [6.45, 7) is 1.58. The average Bonchev–Trinajstić information content (AvgIpc) is 3.03. The van der Waals surface area contributed by atoms with Crippen molar-refractivity contribution in [3.8, 4) is 11.8 Å². The van der Waals surface area contributed by atoms with Crippen molar-refractivity contribution in [2.75, 3.05) is 20.3 Å². The van der Waals surface area contributed by atoms with Crippen LogP contribution in [-0.4, -0.2) is 37.3 Å². The number of aromatic nitrogens is 1. The van der Waals surface area contributed by atoms with Gasteiger partial charge in [0, 0.05) is 26.8 Å². The highest BCUT2D eigenvalue weighted by atomic mass is 32.1. The van der Waals surface area contributed by atoms with Crippen molar-refractivity contribution in [2.45, 2.75) is 19.6 Å². The Labute approximate surface area is 181 Å². The van der Waals surface area contributed by atoms with Crippen LogP contribution in [0.2, 0.25) is 0 Å². The van der Waals surface area contributed by atoms with Gasteiger partial charge in [-0.3, -0.25) is 14.2 Å². The normalized spacial score (nSPS) is 12.4. The molecule has 10 heteroatoms. The van der Waals surface area contributed by atoms with Gasteiger partial charge in [-0.2, -0.15) is 14.0 Å². The number of hydrogen-bond donors (Lipinski definition) is 1. The van der Waals surface area contributed by atoms with Gasteiger partial charge < -0.3 is 14.8 Å². The van der Waals surface area contributed by atoms with Gasteiger partial charge in [0.2, 0.25) is 0 Å². The molecular weight excluding hydrogens is 428 g/mol. The van der Waals surface area contributed by atoms with Gasteiger partial charge in [-0.15, -0.1) is 17.9 Å². The van der Waals surface area contributed by atoms with Crippen LogP contribution in [0.4, 0.5) is 8.78 Å². The number of methoxy groups -OCH3 is 1. The number of hydrogen-bond acceptors (Lipinski definition) is 6. The first kappa shape index (κ1) is 24.0. The zero-order chi connectivity index (χ0) is 22.8. The third-order valence-corrected chi connectivity index (χ3v) is 5.12. The van der Waals surface area contributed by atoms with Crippen molar-refractivity contribution >= 4 is 28.9 Å². The third kappa shape index (κ3) is 6.60. The third-order valence-electron chi connectivity index (χ3n) is 3.99. The Morgan fingerprint density at radius 1 is 1.39 bits per heavy atom. The van der Waals surface area contributed by atoms with Crippen molar-refractivity contribution < 1.29 is 23.0 Å². The summed E-state index contributed by atoms with van der Waals surface area (Å²) in [6, 6.07) is 7.63. The Hall–Kier alpha value is -3.29. The molecule has 31 heavy (non-hydrogen) atoms. The second-order valence-corrected chi connectivity index (χ2v) is 7.19. The van der Waals surface area contributed by atoms with E-state index in [1.165, 1.54) is 34.9 Å². The largest absolute Gasteiger partial charge is 0.435 e. The lowest BCUT2D eigenvalue weighted by atomic mass is 10.2. The van der Waals surface area contributed by atoms with Crippen LogP contribution in [0, 0.1) is 11.3 Å². The summed E-state index contributed by atoms with van der Waals surface area (Å²) in [7, 11) is 1.55. The van der Waals surface area contributed by atoms with Gasteiger partial charge in [0.15, 0.2) is 5.57 Å². The molecule has 0 saturated carbocycles. The minimum atomic E-state index is -2.93. The number of thiazole rings is 1. The number of amides is 1. The van der Waals surface area contributed by atoms with E-state index >= 15 is 0 Å². The van der Waals surface area contributed by atoms with Gasteiger partial charge in [0.05, 0.1) is 4.53 Å². The predicted molar refractivity (Wildman–Crippen MR) is 113 cm³/mol. The fraction of sp³-hybridized carbons (Fsp3) is 0.286. The Morgan fingerprint density at radius 2 is 2.10 bits per heavy atom. The number of carbonyl (C=O) groups is 1. The average molecular weight is 449 g/mol. The number of halogens is 2. The van der Waals surface area contributed by atoms with Crippen LogP contribution in [0.3, 0.4) is 0 Å². The maximum Gasteiger partial charge on any atom is 0.387 e. The Bertz CT molecular complexity index is 1130. The highest BCUT2D eigenvalue weighted by Gasteiger charge is 2.15. The van der Waals surface area contributed by atoms with E-state index in [4.69, 9.17) is 4.74 Å². The quantitative estimate of drug-likeness (QED) is 0.437. The van der Waals surface area contributed by atoms with Crippen LogP contribution in [0.5, 0.6) is 5.75 Å². The topological polar surface area (TPSA) is 93.4 Å². The van der Waals surface area contributed by atoms with Gasteiger partial charge in [0.1, 0.15) is 16.5 Å². The Kier molecular flexibility index (Phi) is 9.12. The number of carbonyl (C=O) groups excluding carboxylic acids is 1. The first-order chi connectivity index (χ1) is 14.9. The highest BCUT2D eigenvalue weighted by molar-refractivity contribution is 7.07. The van der Waals surface area contributed by atoms with Crippen LogP contribution in [0.15, 0.2) is 41.7 Å². The zero-order valence-corrected chi connectivity index (χ0v) is 17.6. The van der Waals surface area contributed by atoms with Gasteiger partial charge in [-0.1, -0.05) is 18.2 Å². The van der Waals surface area contributed by atoms with E-state index in [-0.39, 0.29) is 27.1 Å². The molecule has 1 amide bonds. The van der Waals surface area contributed by atoms with Crippen LogP contribution >= 0.6 is 11.3 Å². The summed E-state index contributed by atoms with van der Waals surface area (Å²) >= 11 is 0.991. The Balaban J connectivity index is 2.49. The Morgan fingerprint density at radius 3 is 2.68 bits per heavy atom. The molecule has 0 saturated heterocycles. The van der Waals surface area contributed by atoms with Crippen LogP contribution in [0.25, 0.3) is 11.6 Å². The van der Waals surface area contributed by atoms with Gasteiger partial charge in [-0.05, 0) is 30.2 Å². The second kappa shape index (κ2) is 11.8. The molecule has 0 aliphatic carbocycles. The smallest absolute Gasteiger partial charge is 0.387 e. The van der Waals surface area contributed by atoms with Gasteiger partial charge in [-0.25, -0.2) is 0 Å². The number of rotatable bonds is 10. The van der Waals surface area contributed by atoms with E-state index in [2.05, 4.69) is 16.6 Å². The zero-order valence-electron chi connectivity index (χ0n) is 16.8. The van der Waals surface area contributed by atoms with Crippen LogP contribution in [0.1, 0.15) is 12.0 Å². The van der Waals surface area contributed by atoms with E-state index in [1.54, 1.807) is 13.2 Å². The molecule has 1 aromatic carbocycles. The summed E-state index contributed by atoms with van der Waals surface area (Å²) in [5.41, 5.74) is -0.00534. The highest BCUT2D eigenvalue weighted by Crippen LogP contribution is 2.15. The molecule has 0 unspecified atom stereocenters. The lowest BCUT2D eigenvalue weighted by molar-refractivity contribution is -0.115. The number of benzene rings is 1. The molecule has 0 fully saturated rings. The van der Waals surface area contributed by atoms with E-state index in [0.29, 0.717) is 25.1 Å². The number of ether oxygens (including phenoxy) is 2. The minimum Gasteiger partial charge on any atom is -0.435 e. The number of nitriles is 1. The van der Waals surface area contributed by atoms with Crippen molar-refractivity contribution in [3.63, 3.8) is 0 Å². The van der Waals surface area contributed by atoms with Crippen molar-refractivity contribution in [2.24, 2.45) is 0 Å². The number of nitrogens with one attached hydrogen (secondary N) is 1. The molecule has 2 aromatic rings. The minimum absolute atomic E-state index is 0.00617. The summed E-state index contributed by atoms with van der Waals surface area (Å²) in [5, 5.41) is 12.2. The molecule has 0 aliphatic heterocycles. The molecule has 0 atom stereocenters. The van der Waals surface area contributed by atoms with Crippen molar-refractivity contribution in [1.82, 2.24) is 9.88 Å². The summed E-state index contributed by atoms with van der Waals surface area (Å²) < 4.78 is 35.6. The first-order valence-electron chi connectivity index (χ1n) is 9.20. The monoisotopic (exact) mass is 449 g/mol. The standard InChI is InChI=1S/C21H21F2N3O4S/c1-3-10-26-19(28)17(12-14-5-7-15(8-6-14)30-21(22)23)31-20(26)16(13-24)18(27)25-9-4-11-29-2/h3,5-8,12,21H,1,4,9-11H2,2H3,(H,25,27)/b17-12-,20-16-. The lowest BCUT2D eigenvalue weighted by Crippen LogP contribution is -2.35. The van der Waals surface area contributed by atoms with Gasteiger partial charge in [0.25, 0.3) is 11.5 Å². The molecule has 1 heterocycles. The van der Waals surface area contributed by atoms with E-state index in [1.807, 2.05) is 6.07 Å². The van der Waals surface area contributed by atoms with E-state index < -0.39 is 18.1 Å². The molecule has 2 rings (SSSR count). The summed E-state index contributed by atoms with van der Waals surface area (Å²) in [6.07, 6.45) is 3.62. The number of nitrogens with zero attached hydrogens (tertiary/aromatic N) is 2. The van der Waals surface area contributed by atoms with Crippen LogP contribution in [-0.2, 0) is 16.1 Å². The maximum absolute atomic E-state index is 12.8. The molecular formula is C21H21F2N3O4S. The van der Waals surface area contributed by atoms with E-state index in [9.17, 15) is 23.6 Å². The molecule has 1 aromatic heterocycles. The second-order valence-electron chi connectivity index (χ2n) is 6.16. The summed E-state index contributed by atoms with van der Waals surface area (Å²) in [4.78, 5) is 25.3. The lowest BCUT2D eigenvalue weighted by Gasteiger charge is -2.04. The van der Waals surface area contributed by atoms with E-state index in [0.717, 1.165) is 11.3 Å².